The zero-order chi connectivity index (χ0) is 18.9. The molecule has 0 heterocycles. The van der Waals surface area contributed by atoms with Crippen LogP contribution in [0.3, 0.4) is 0 Å². The van der Waals surface area contributed by atoms with Crippen molar-refractivity contribution in [1.82, 2.24) is 0 Å². The minimum Gasteiger partial charge on any atom is -0.493 e. The summed E-state index contributed by atoms with van der Waals surface area (Å²) in [5.74, 6) is 0.627. The molecule has 0 saturated heterocycles. The molecule has 2 aromatic rings. The second-order valence-corrected chi connectivity index (χ2v) is 5.21. The molecular weight excluding hydrogens is 338 g/mol. The Labute approximate surface area is 151 Å². The van der Waals surface area contributed by atoms with Gasteiger partial charge in [-0.1, -0.05) is 6.07 Å². The molecule has 7 nitrogen and oxygen atoms in total. The second-order valence-electron chi connectivity index (χ2n) is 5.21. The van der Waals surface area contributed by atoms with Crippen LogP contribution in [0.1, 0.15) is 18.1 Å². The highest BCUT2D eigenvalue weighted by Gasteiger charge is 2.08. The number of nitro benzene ring substituents is 1. The molecule has 0 aliphatic heterocycles. The number of esters is 1. The number of nitro groups is 1. The molecule has 0 radical (unpaired) electrons. The zero-order valence-electron chi connectivity index (χ0n) is 14.5. The van der Waals surface area contributed by atoms with Crippen LogP contribution in [0, 0.1) is 10.1 Å². The molecule has 0 aliphatic rings. The standard InChI is InChI=1S/C19H19NO6/c1-3-25-19(21)11-7-14-6-10-17(18(12-14)24-2)26-13-15-4-8-16(9-5-15)20(22)23/h4-12H,3,13H2,1-2H3/b11-7+. The summed E-state index contributed by atoms with van der Waals surface area (Å²) in [5.41, 5.74) is 1.59. The average molecular weight is 357 g/mol. The van der Waals surface area contributed by atoms with Gasteiger partial charge in [0.15, 0.2) is 11.5 Å². The van der Waals surface area contributed by atoms with Crippen LogP contribution in [0.25, 0.3) is 6.08 Å². The number of carbonyl (C=O) groups excluding carboxylic acids is 1. The van der Waals surface area contributed by atoms with Crippen molar-refractivity contribution in [2.75, 3.05) is 13.7 Å². The summed E-state index contributed by atoms with van der Waals surface area (Å²) in [5, 5.41) is 10.7. The molecule has 7 heteroatoms. The van der Waals surface area contributed by atoms with Gasteiger partial charge in [-0.3, -0.25) is 10.1 Å². The highest BCUT2D eigenvalue weighted by atomic mass is 16.6. The number of hydrogen-bond acceptors (Lipinski definition) is 6. The third-order valence-electron chi connectivity index (χ3n) is 3.43. The lowest BCUT2D eigenvalue weighted by Gasteiger charge is -2.11. The third kappa shape index (κ3) is 5.34. The van der Waals surface area contributed by atoms with Gasteiger partial charge in [-0.05, 0) is 48.4 Å². The van der Waals surface area contributed by atoms with Crippen molar-refractivity contribution in [3.63, 3.8) is 0 Å². The van der Waals surface area contributed by atoms with E-state index < -0.39 is 10.9 Å². The fourth-order valence-corrected chi connectivity index (χ4v) is 2.14. The van der Waals surface area contributed by atoms with Gasteiger partial charge in [0.05, 0.1) is 18.6 Å². The molecule has 0 saturated carbocycles. The zero-order valence-corrected chi connectivity index (χ0v) is 14.5. The van der Waals surface area contributed by atoms with Gasteiger partial charge in [0.1, 0.15) is 6.61 Å². The molecule has 136 valence electrons. The van der Waals surface area contributed by atoms with Crippen molar-refractivity contribution >= 4 is 17.7 Å². The largest absolute Gasteiger partial charge is 0.493 e. The maximum Gasteiger partial charge on any atom is 0.330 e. The summed E-state index contributed by atoms with van der Waals surface area (Å²) in [6.45, 7) is 2.31. The number of non-ortho nitro benzene ring substituents is 1. The molecule has 0 unspecified atom stereocenters. The van der Waals surface area contributed by atoms with Gasteiger partial charge in [-0.15, -0.1) is 0 Å². The fourth-order valence-electron chi connectivity index (χ4n) is 2.14. The summed E-state index contributed by atoms with van der Waals surface area (Å²) in [6, 6.07) is 11.4. The van der Waals surface area contributed by atoms with E-state index >= 15 is 0 Å². The Morgan fingerprint density at radius 1 is 1.15 bits per heavy atom. The summed E-state index contributed by atoms with van der Waals surface area (Å²) in [4.78, 5) is 21.6. The van der Waals surface area contributed by atoms with Crippen LogP contribution in [-0.2, 0) is 16.1 Å². The first-order valence-corrected chi connectivity index (χ1v) is 7.92. The summed E-state index contributed by atoms with van der Waals surface area (Å²) < 4.78 is 15.9. The first-order valence-electron chi connectivity index (χ1n) is 7.92. The van der Waals surface area contributed by atoms with Crippen molar-refractivity contribution in [3.05, 3.63) is 69.8 Å². The molecule has 2 rings (SSSR count). The van der Waals surface area contributed by atoms with E-state index in [2.05, 4.69) is 0 Å². The molecular formula is C19H19NO6. The third-order valence-corrected chi connectivity index (χ3v) is 3.43. The predicted molar refractivity (Wildman–Crippen MR) is 96.1 cm³/mol. The molecule has 0 bridgehead atoms. The van der Waals surface area contributed by atoms with Gasteiger partial charge in [-0.25, -0.2) is 4.79 Å². The smallest absolute Gasteiger partial charge is 0.330 e. The highest BCUT2D eigenvalue weighted by molar-refractivity contribution is 5.87. The number of nitrogens with zero attached hydrogens (tertiary/aromatic N) is 1. The van der Waals surface area contributed by atoms with Crippen molar-refractivity contribution in [1.29, 1.82) is 0 Å². The lowest BCUT2D eigenvalue weighted by Crippen LogP contribution is -1.99. The van der Waals surface area contributed by atoms with Crippen molar-refractivity contribution < 1.29 is 23.9 Å². The molecule has 0 aliphatic carbocycles. The van der Waals surface area contributed by atoms with Crippen molar-refractivity contribution in [3.8, 4) is 11.5 Å². The monoisotopic (exact) mass is 357 g/mol. The quantitative estimate of drug-likeness (QED) is 0.309. The van der Waals surface area contributed by atoms with Crippen LogP contribution in [-0.4, -0.2) is 24.6 Å². The Hall–Kier alpha value is -3.35. The Balaban J connectivity index is 2.05. The minimum absolute atomic E-state index is 0.0315. The average Bonchev–Trinajstić information content (AvgIpc) is 2.65. The minimum atomic E-state index is -0.448. The van der Waals surface area contributed by atoms with Crippen LogP contribution >= 0.6 is 0 Å². The number of methoxy groups -OCH3 is 1. The molecule has 0 N–H and O–H groups in total. The topological polar surface area (TPSA) is 87.9 Å². The lowest BCUT2D eigenvalue weighted by molar-refractivity contribution is -0.384. The maximum absolute atomic E-state index is 11.4. The number of ether oxygens (including phenoxy) is 3. The Morgan fingerprint density at radius 3 is 2.50 bits per heavy atom. The van der Waals surface area contributed by atoms with E-state index in [0.717, 1.165) is 11.1 Å². The molecule has 0 spiro atoms. The van der Waals surface area contributed by atoms with Crippen LogP contribution in [0.2, 0.25) is 0 Å². The van der Waals surface area contributed by atoms with Gasteiger partial charge < -0.3 is 14.2 Å². The number of benzene rings is 2. The Kier molecular flexibility index (Phi) is 6.73. The van der Waals surface area contributed by atoms with E-state index in [1.807, 2.05) is 0 Å². The highest BCUT2D eigenvalue weighted by Crippen LogP contribution is 2.29. The Morgan fingerprint density at radius 2 is 1.88 bits per heavy atom. The van der Waals surface area contributed by atoms with E-state index in [9.17, 15) is 14.9 Å². The number of hydrogen-bond donors (Lipinski definition) is 0. The molecule has 0 fully saturated rings. The number of rotatable bonds is 8. The molecule has 26 heavy (non-hydrogen) atoms. The van der Waals surface area contributed by atoms with Crippen LogP contribution in [0.4, 0.5) is 5.69 Å². The molecule has 0 atom stereocenters. The second kappa shape index (κ2) is 9.22. The SMILES string of the molecule is CCOC(=O)/C=C/c1ccc(OCc2ccc([N+](=O)[O-])cc2)c(OC)c1. The van der Waals surface area contributed by atoms with E-state index in [1.165, 1.54) is 25.3 Å². The van der Waals surface area contributed by atoms with Gasteiger partial charge in [0, 0.05) is 18.2 Å². The van der Waals surface area contributed by atoms with Gasteiger partial charge in [-0.2, -0.15) is 0 Å². The van der Waals surface area contributed by atoms with Crippen molar-refractivity contribution in [2.24, 2.45) is 0 Å². The normalized spacial score (nSPS) is 10.5. The molecule has 0 amide bonds. The van der Waals surface area contributed by atoms with Crippen LogP contribution in [0.5, 0.6) is 11.5 Å². The summed E-state index contributed by atoms with van der Waals surface area (Å²) >= 11 is 0. The fraction of sp³-hybridized carbons (Fsp3) is 0.211. The summed E-state index contributed by atoms with van der Waals surface area (Å²) in [7, 11) is 1.52. The van der Waals surface area contributed by atoms with Crippen LogP contribution < -0.4 is 9.47 Å². The maximum atomic E-state index is 11.4. The Bertz CT molecular complexity index is 798. The van der Waals surface area contributed by atoms with Crippen molar-refractivity contribution in [2.45, 2.75) is 13.5 Å². The first-order chi connectivity index (χ1) is 12.5. The predicted octanol–water partition coefficient (Wildman–Crippen LogP) is 3.76. The number of carbonyl (C=O) groups is 1. The lowest BCUT2D eigenvalue weighted by atomic mass is 10.2. The van der Waals surface area contributed by atoms with Gasteiger partial charge >= 0.3 is 5.97 Å². The van der Waals surface area contributed by atoms with E-state index in [1.54, 1.807) is 43.3 Å². The van der Waals surface area contributed by atoms with E-state index in [4.69, 9.17) is 14.2 Å². The van der Waals surface area contributed by atoms with Crippen LogP contribution in [0.15, 0.2) is 48.5 Å². The van der Waals surface area contributed by atoms with Gasteiger partial charge in [0.2, 0.25) is 0 Å². The molecule has 0 aromatic heterocycles. The molecule has 2 aromatic carbocycles. The van der Waals surface area contributed by atoms with E-state index in [0.29, 0.717) is 18.1 Å². The summed E-state index contributed by atoms with van der Waals surface area (Å²) in [6.07, 6.45) is 2.97. The first kappa shape index (κ1) is 19.0. The van der Waals surface area contributed by atoms with E-state index in [-0.39, 0.29) is 12.3 Å². The van der Waals surface area contributed by atoms with Gasteiger partial charge in [0.25, 0.3) is 5.69 Å².